The zero-order valence-corrected chi connectivity index (χ0v) is 16.8. The van der Waals surface area contributed by atoms with E-state index in [0.29, 0.717) is 13.0 Å². The number of aryl methyl sites for hydroxylation is 1. The zero-order valence-electron chi connectivity index (χ0n) is 16.0. The molecule has 1 heterocycles. The number of amides is 1. The number of hydrogen-bond acceptors (Lipinski definition) is 5. The molecule has 7 nitrogen and oxygen atoms in total. The Hall–Kier alpha value is -2.32. The number of aromatic nitrogens is 2. The molecule has 1 aliphatic carbocycles. The fourth-order valence-electron chi connectivity index (χ4n) is 3.26. The van der Waals surface area contributed by atoms with Crippen molar-refractivity contribution >= 4 is 15.9 Å². The molecule has 28 heavy (non-hydrogen) atoms. The summed E-state index contributed by atoms with van der Waals surface area (Å²) in [6.45, 7) is 2.24. The molecule has 0 aliphatic heterocycles. The molecular weight excluding hydrogens is 376 g/mol. The van der Waals surface area contributed by atoms with Gasteiger partial charge in [0.25, 0.3) is 5.91 Å². The molecule has 0 bridgehead atoms. The van der Waals surface area contributed by atoms with Crippen LogP contribution >= 0.6 is 0 Å². The van der Waals surface area contributed by atoms with Crippen molar-refractivity contribution in [1.82, 2.24) is 20.0 Å². The van der Waals surface area contributed by atoms with Gasteiger partial charge in [-0.05, 0) is 43.9 Å². The minimum Gasteiger partial charge on any atom is -0.350 e. The van der Waals surface area contributed by atoms with Crippen molar-refractivity contribution < 1.29 is 13.2 Å². The number of nitrogens with one attached hydrogen (secondary N) is 2. The second kappa shape index (κ2) is 9.25. The Morgan fingerprint density at radius 2 is 1.79 bits per heavy atom. The van der Waals surface area contributed by atoms with E-state index in [4.69, 9.17) is 0 Å². The Morgan fingerprint density at radius 3 is 2.43 bits per heavy atom. The van der Waals surface area contributed by atoms with E-state index in [1.54, 1.807) is 30.5 Å². The number of sulfonamides is 1. The number of rotatable bonds is 7. The lowest BCUT2D eigenvalue weighted by atomic mass is 9.96. The third-order valence-corrected chi connectivity index (χ3v) is 6.41. The highest BCUT2D eigenvalue weighted by Gasteiger charge is 2.21. The summed E-state index contributed by atoms with van der Waals surface area (Å²) in [4.78, 5) is 20.4. The van der Waals surface area contributed by atoms with E-state index >= 15 is 0 Å². The molecule has 1 aromatic carbocycles. The zero-order chi connectivity index (χ0) is 20.0. The van der Waals surface area contributed by atoms with Gasteiger partial charge in [-0.2, -0.15) is 0 Å². The lowest BCUT2D eigenvalue weighted by molar-refractivity contribution is 0.0948. The normalized spacial score (nSPS) is 15.3. The molecule has 1 saturated carbocycles. The highest BCUT2D eigenvalue weighted by molar-refractivity contribution is 7.89. The molecular formula is C20H26N4O3S. The van der Waals surface area contributed by atoms with Crippen LogP contribution in [0.5, 0.6) is 0 Å². The van der Waals surface area contributed by atoms with Gasteiger partial charge >= 0.3 is 0 Å². The molecule has 2 aromatic rings. The molecule has 0 spiro atoms. The number of hydrogen-bond donors (Lipinski definition) is 2. The third kappa shape index (κ3) is 5.59. The highest BCUT2D eigenvalue weighted by Crippen LogP contribution is 2.20. The first-order chi connectivity index (χ1) is 13.4. The van der Waals surface area contributed by atoms with Gasteiger partial charge in [-0.15, -0.1) is 0 Å². The van der Waals surface area contributed by atoms with Gasteiger partial charge in [0.2, 0.25) is 10.0 Å². The van der Waals surface area contributed by atoms with Gasteiger partial charge in [0.05, 0.1) is 16.8 Å². The largest absolute Gasteiger partial charge is 0.350 e. The van der Waals surface area contributed by atoms with Crippen LogP contribution in [0.15, 0.2) is 41.6 Å². The summed E-state index contributed by atoms with van der Waals surface area (Å²) >= 11 is 0. The fraction of sp³-hybridized carbons (Fsp3) is 0.450. The molecule has 3 rings (SSSR count). The summed E-state index contributed by atoms with van der Waals surface area (Å²) in [7, 11) is -3.49. The first-order valence-corrected chi connectivity index (χ1v) is 11.1. The van der Waals surface area contributed by atoms with Crippen molar-refractivity contribution in [3.05, 3.63) is 53.6 Å². The van der Waals surface area contributed by atoms with E-state index in [-0.39, 0.29) is 22.5 Å². The molecule has 1 fully saturated rings. The van der Waals surface area contributed by atoms with Crippen LogP contribution in [0.4, 0.5) is 0 Å². The van der Waals surface area contributed by atoms with Gasteiger partial charge in [0.15, 0.2) is 0 Å². The molecule has 0 saturated heterocycles. The smallest absolute Gasteiger partial charge is 0.271 e. The maximum Gasteiger partial charge on any atom is 0.271 e. The summed E-state index contributed by atoms with van der Waals surface area (Å²) in [6.07, 6.45) is 8.74. The molecule has 1 aromatic heterocycles. The lowest BCUT2D eigenvalue weighted by Crippen LogP contribution is -2.36. The van der Waals surface area contributed by atoms with Gasteiger partial charge in [0.1, 0.15) is 5.69 Å². The molecule has 8 heteroatoms. The average Bonchev–Trinajstić information content (AvgIpc) is 2.69. The molecule has 0 unspecified atom stereocenters. The molecule has 1 amide bonds. The van der Waals surface area contributed by atoms with Gasteiger partial charge < -0.3 is 5.32 Å². The van der Waals surface area contributed by atoms with E-state index in [0.717, 1.165) is 36.9 Å². The average molecular weight is 403 g/mol. The van der Waals surface area contributed by atoms with E-state index in [2.05, 4.69) is 20.0 Å². The van der Waals surface area contributed by atoms with Crippen molar-refractivity contribution in [2.24, 2.45) is 0 Å². The van der Waals surface area contributed by atoms with Gasteiger partial charge in [-0.3, -0.25) is 9.78 Å². The van der Waals surface area contributed by atoms with Crippen molar-refractivity contribution in [3.8, 4) is 0 Å². The fourth-order valence-corrected chi connectivity index (χ4v) is 4.57. The number of carbonyl (C=O) groups is 1. The Kier molecular flexibility index (Phi) is 6.74. The molecule has 0 atom stereocenters. The summed E-state index contributed by atoms with van der Waals surface area (Å²) in [5.74, 6) is -0.275. The SMILES string of the molecule is Cc1cnc(C(=O)NCCc2ccc(S(=O)(=O)NC3CCCCC3)cc2)cn1. The summed E-state index contributed by atoms with van der Waals surface area (Å²) in [6, 6.07) is 6.85. The molecule has 1 aliphatic rings. The van der Waals surface area contributed by atoms with Crippen LogP contribution in [0, 0.1) is 6.92 Å². The Labute approximate surface area is 166 Å². The lowest BCUT2D eigenvalue weighted by Gasteiger charge is -2.22. The second-order valence-corrected chi connectivity index (χ2v) is 8.86. The second-order valence-electron chi connectivity index (χ2n) is 7.15. The van der Waals surface area contributed by atoms with Crippen molar-refractivity contribution in [3.63, 3.8) is 0 Å². The minimum atomic E-state index is -3.49. The van der Waals surface area contributed by atoms with Crippen LogP contribution in [0.25, 0.3) is 0 Å². The summed E-state index contributed by atoms with van der Waals surface area (Å²) < 4.78 is 27.8. The van der Waals surface area contributed by atoms with Gasteiger partial charge in [0, 0.05) is 18.8 Å². The first-order valence-electron chi connectivity index (χ1n) is 9.62. The maximum atomic E-state index is 12.5. The van der Waals surface area contributed by atoms with E-state index in [1.165, 1.54) is 12.6 Å². The molecule has 2 N–H and O–H groups in total. The van der Waals surface area contributed by atoms with Crippen LogP contribution in [-0.4, -0.2) is 36.9 Å². The third-order valence-electron chi connectivity index (χ3n) is 4.87. The Morgan fingerprint density at radius 1 is 1.07 bits per heavy atom. The Bertz CT molecular complexity index is 890. The van der Waals surface area contributed by atoms with Crippen LogP contribution in [-0.2, 0) is 16.4 Å². The number of benzene rings is 1. The molecule has 0 radical (unpaired) electrons. The van der Waals surface area contributed by atoms with Crippen molar-refractivity contribution in [1.29, 1.82) is 0 Å². The van der Waals surface area contributed by atoms with Crippen LogP contribution in [0.2, 0.25) is 0 Å². The quantitative estimate of drug-likeness (QED) is 0.740. The van der Waals surface area contributed by atoms with E-state index in [9.17, 15) is 13.2 Å². The van der Waals surface area contributed by atoms with Crippen LogP contribution in [0.1, 0.15) is 53.8 Å². The molecule has 150 valence electrons. The number of nitrogens with zero attached hydrogens (tertiary/aromatic N) is 2. The summed E-state index contributed by atoms with van der Waals surface area (Å²) in [5, 5.41) is 2.79. The highest BCUT2D eigenvalue weighted by atomic mass is 32.2. The van der Waals surface area contributed by atoms with Crippen LogP contribution < -0.4 is 10.0 Å². The van der Waals surface area contributed by atoms with Crippen molar-refractivity contribution in [2.75, 3.05) is 6.54 Å². The van der Waals surface area contributed by atoms with Crippen molar-refractivity contribution in [2.45, 2.75) is 56.4 Å². The minimum absolute atomic E-state index is 0.0403. The first kappa shape index (κ1) is 20.4. The van der Waals surface area contributed by atoms with Gasteiger partial charge in [-0.25, -0.2) is 18.1 Å². The topological polar surface area (TPSA) is 101 Å². The monoisotopic (exact) mass is 402 g/mol. The van der Waals surface area contributed by atoms with Gasteiger partial charge in [-0.1, -0.05) is 31.4 Å². The summed E-state index contributed by atoms with van der Waals surface area (Å²) in [5.41, 5.74) is 1.98. The van der Waals surface area contributed by atoms with E-state index < -0.39 is 10.0 Å². The predicted molar refractivity (Wildman–Crippen MR) is 106 cm³/mol. The predicted octanol–water partition coefficient (Wildman–Crippen LogP) is 2.37. The van der Waals surface area contributed by atoms with Crippen LogP contribution in [0.3, 0.4) is 0 Å². The number of carbonyl (C=O) groups excluding carboxylic acids is 1. The maximum absolute atomic E-state index is 12.5. The van der Waals surface area contributed by atoms with E-state index in [1.807, 2.05) is 6.92 Å². The Balaban J connectivity index is 1.51. The standard InChI is InChI=1S/C20H26N4O3S/c1-15-13-23-19(14-22-15)20(25)21-12-11-16-7-9-18(10-8-16)28(26,27)24-17-5-3-2-4-6-17/h7-10,13-14,17,24H,2-6,11-12H2,1H3,(H,21,25).